The molecule has 2 fully saturated rings. The van der Waals surface area contributed by atoms with E-state index in [1.54, 1.807) is 4.90 Å². The first-order valence-electron chi connectivity index (χ1n) is 9.06. The van der Waals surface area contributed by atoms with Gasteiger partial charge in [-0.1, -0.05) is 0 Å². The molecule has 1 aliphatic carbocycles. The Balaban J connectivity index is 1.64. The molecule has 2 aliphatic rings. The molecule has 0 spiro atoms. The average molecular weight is 398 g/mol. The lowest BCUT2D eigenvalue weighted by atomic mass is 10.0. The Hall–Kier alpha value is -2.00. The quantitative estimate of drug-likeness (QED) is 0.830. The van der Waals surface area contributed by atoms with Crippen molar-refractivity contribution in [3.8, 4) is 0 Å². The standard InChI is InChI=1S/C18H23FN2O5S/c19-15-4-6-16(7-5-15)27(25,26)21-9-1-8-20(10-11-21)17(22)13-2-3-14(12-13)18(23)24/h4-7,13-14H,1-3,8-12H2,(H,23,24)/t13-,14+/m0/s1. The van der Waals surface area contributed by atoms with Crippen LogP contribution in [0.4, 0.5) is 4.39 Å². The van der Waals surface area contributed by atoms with Crippen molar-refractivity contribution in [2.75, 3.05) is 26.2 Å². The van der Waals surface area contributed by atoms with Crippen LogP contribution in [-0.2, 0) is 19.6 Å². The van der Waals surface area contributed by atoms with Crippen molar-refractivity contribution in [1.82, 2.24) is 9.21 Å². The van der Waals surface area contributed by atoms with Gasteiger partial charge in [-0.25, -0.2) is 12.8 Å². The predicted octanol–water partition coefficient (Wildman–Crippen LogP) is 1.55. The Kier molecular flexibility index (Phi) is 5.81. The van der Waals surface area contributed by atoms with Gasteiger partial charge in [0.2, 0.25) is 15.9 Å². The molecule has 1 aromatic rings. The molecule has 0 bridgehead atoms. The van der Waals surface area contributed by atoms with Crippen molar-refractivity contribution in [2.24, 2.45) is 11.8 Å². The van der Waals surface area contributed by atoms with Crippen LogP contribution >= 0.6 is 0 Å². The van der Waals surface area contributed by atoms with Crippen LogP contribution in [0.15, 0.2) is 29.2 Å². The summed E-state index contributed by atoms with van der Waals surface area (Å²) in [6.07, 6.45) is 1.91. The van der Waals surface area contributed by atoms with Crippen LogP contribution in [0.5, 0.6) is 0 Å². The van der Waals surface area contributed by atoms with Crippen molar-refractivity contribution in [1.29, 1.82) is 0 Å². The normalized spacial score (nSPS) is 24.6. The highest BCUT2D eigenvalue weighted by molar-refractivity contribution is 7.89. The predicted molar refractivity (Wildman–Crippen MR) is 94.8 cm³/mol. The van der Waals surface area contributed by atoms with E-state index in [0.717, 1.165) is 12.1 Å². The smallest absolute Gasteiger partial charge is 0.306 e. The molecule has 2 atom stereocenters. The summed E-state index contributed by atoms with van der Waals surface area (Å²) in [6, 6.07) is 4.70. The molecular formula is C18H23FN2O5S. The highest BCUT2D eigenvalue weighted by Crippen LogP contribution is 2.32. The topological polar surface area (TPSA) is 95.0 Å². The molecule has 1 aromatic carbocycles. The second kappa shape index (κ2) is 7.93. The van der Waals surface area contributed by atoms with E-state index in [0.29, 0.717) is 32.2 Å². The van der Waals surface area contributed by atoms with Gasteiger partial charge in [0.25, 0.3) is 0 Å². The average Bonchev–Trinajstić information content (AvgIpc) is 2.99. The number of halogens is 1. The number of benzene rings is 1. The molecule has 1 heterocycles. The van der Waals surface area contributed by atoms with Gasteiger partial charge in [-0.3, -0.25) is 9.59 Å². The van der Waals surface area contributed by atoms with Crippen LogP contribution < -0.4 is 0 Å². The zero-order valence-electron chi connectivity index (χ0n) is 14.9. The maximum absolute atomic E-state index is 13.1. The van der Waals surface area contributed by atoms with Crippen LogP contribution in [-0.4, -0.2) is 60.8 Å². The maximum atomic E-state index is 13.1. The number of aliphatic carboxylic acids is 1. The third-order valence-corrected chi connectivity index (χ3v) is 7.26. The Morgan fingerprint density at radius 2 is 1.67 bits per heavy atom. The molecule has 27 heavy (non-hydrogen) atoms. The second-order valence-electron chi connectivity index (χ2n) is 7.08. The number of sulfonamides is 1. The summed E-state index contributed by atoms with van der Waals surface area (Å²) in [5.74, 6) is -2.22. The van der Waals surface area contributed by atoms with E-state index in [1.807, 2.05) is 0 Å². The number of carbonyl (C=O) groups excluding carboxylic acids is 1. The molecule has 0 aromatic heterocycles. The molecule has 1 aliphatic heterocycles. The van der Waals surface area contributed by atoms with E-state index in [9.17, 15) is 22.4 Å². The van der Waals surface area contributed by atoms with Crippen molar-refractivity contribution in [2.45, 2.75) is 30.6 Å². The Bertz CT molecular complexity index is 812. The lowest BCUT2D eigenvalue weighted by Crippen LogP contribution is -2.39. The molecule has 1 amide bonds. The van der Waals surface area contributed by atoms with Crippen molar-refractivity contribution < 1.29 is 27.5 Å². The monoisotopic (exact) mass is 398 g/mol. The molecule has 0 unspecified atom stereocenters. The largest absolute Gasteiger partial charge is 0.481 e. The Morgan fingerprint density at radius 1 is 1.00 bits per heavy atom. The first-order chi connectivity index (χ1) is 12.8. The van der Waals surface area contributed by atoms with Gasteiger partial charge in [-0.15, -0.1) is 0 Å². The van der Waals surface area contributed by atoms with Crippen molar-refractivity contribution in [3.63, 3.8) is 0 Å². The number of carboxylic acid groups (broad SMARTS) is 1. The van der Waals surface area contributed by atoms with E-state index in [4.69, 9.17) is 5.11 Å². The number of rotatable bonds is 4. The third-order valence-electron chi connectivity index (χ3n) is 5.35. The van der Waals surface area contributed by atoms with Gasteiger partial charge in [0.1, 0.15) is 5.82 Å². The summed E-state index contributed by atoms with van der Waals surface area (Å²) in [5.41, 5.74) is 0. The molecule has 1 saturated heterocycles. The van der Waals surface area contributed by atoms with E-state index in [1.165, 1.54) is 16.4 Å². The Labute approximate surface area is 157 Å². The highest BCUT2D eigenvalue weighted by atomic mass is 32.2. The summed E-state index contributed by atoms with van der Waals surface area (Å²) in [5, 5.41) is 9.10. The molecule has 148 valence electrons. The number of carboxylic acids is 1. The van der Waals surface area contributed by atoms with Gasteiger partial charge in [-0.2, -0.15) is 4.31 Å². The molecule has 9 heteroatoms. The summed E-state index contributed by atoms with van der Waals surface area (Å²) in [6.45, 7) is 1.17. The first kappa shape index (κ1) is 19.8. The van der Waals surface area contributed by atoms with Crippen LogP contribution in [0.25, 0.3) is 0 Å². The zero-order valence-corrected chi connectivity index (χ0v) is 15.7. The van der Waals surface area contributed by atoms with Crippen molar-refractivity contribution in [3.05, 3.63) is 30.1 Å². The number of amides is 1. The molecular weight excluding hydrogens is 375 g/mol. The van der Waals surface area contributed by atoms with Gasteiger partial charge >= 0.3 is 5.97 Å². The SMILES string of the molecule is O=C(O)[C@@H]1CC[C@H](C(=O)N2CCCN(S(=O)(=O)c3ccc(F)cc3)CC2)C1. The lowest BCUT2D eigenvalue weighted by Gasteiger charge is -2.24. The first-order valence-corrected chi connectivity index (χ1v) is 10.5. The van der Waals surface area contributed by atoms with E-state index in [2.05, 4.69) is 0 Å². The molecule has 0 radical (unpaired) electrons. The van der Waals surface area contributed by atoms with Crippen LogP contribution in [0.2, 0.25) is 0 Å². The minimum Gasteiger partial charge on any atom is -0.481 e. The van der Waals surface area contributed by atoms with Crippen molar-refractivity contribution >= 4 is 21.9 Å². The van der Waals surface area contributed by atoms with Gasteiger partial charge < -0.3 is 10.0 Å². The van der Waals surface area contributed by atoms with Crippen LogP contribution in [0.1, 0.15) is 25.7 Å². The summed E-state index contributed by atoms with van der Waals surface area (Å²) in [4.78, 5) is 25.5. The number of hydrogen-bond donors (Lipinski definition) is 1. The fraction of sp³-hybridized carbons (Fsp3) is 0.556. The number of carbonyl (C=O) groups is 2. The van der Waals surface area contributed by atoms with Crippen LogP contribution in [0, 0.1) is 17.7 Å². The molecule has 1 saturated carbocycles. The lowest BCUT2D eigenvalue weighted by molar-refractivity contribution is -0.141. The van der Waals surface area contributed by atoms with E-state index >= 15 is 0 Å². The minimum atomic E-state index is -3.74. The summed E-state index contributed by atoms with van der Waals surface area (Å²) < 4.78 is 39.9. The van der Waals surface area contributed by atoms with Gasteiger partial charge in [-0.05, 0) is 49.9 Å². The molecule has 3 rings (SSSR count). The second-order valence-corrected chi connectivity index (χ2v) is 9.02. The Morgan fingerprint density at radius 3 is 2.30 bits per heavy atom. The number of hydrogen-bond acceptors (Lipinski definition) is 4. The zero-order chi connectivity index (χ0) is 19.6. The fourth-order valence-corrected chi connectivity index (χ4v) is 5.27. The molecule has 1 N–H and O–H groups in total. The summed E-state index contributed by atoms with van der Waals surface area (Å²) in [7, 11) is -3.74. The van der Waals surface area contributed by atoms with Crippen LogP contribution in [0.3, 0.4) is 0 Å². The van der Waals surface area contributed by atoms with Gasteiger partial charge in [0.05, 0.1) is 10.8 Å². The van der Waals surface area contributed by atoms with E-state index < -0.39 is 27.7 Å². The summed E-state index contributed by atoms with van der Waals surface area (Å²) >= 11 is 0. The molecule has 7 nitrogen and oxygen atoms in total. The maximum Gasteiger partial charge on any atom is 0.306 e. The minimum absolute atomic E-state index is 0.0313. The number of nitrogens with zero attached hydrogens (tertiary/aromatic N) is 2. The van der Waals surface area contributed by atoms with Gasteiger partial charge in [0, 0.05) is 32.1 Å². The van der Waals surface area contributed by atoms with E-state index in [-0.39, 0.29) is 36.4 Å². The van der Waals surface area contributed by atoms with Gasteiger partial charge in [0.15, 0.2) is 0 Å². The highest BCUT2D eigenvalue weighted by Gasteiger charge is 2.37. The third kappa shape index (κ3) is 4.30. The fourth-order valence-electron chi connectivity index (χ4n) is 3.80.